The zero-order valence-electron chi connectivity index (χ0n) is 14.9. The number of carbonyl (C=O) groups excluding carboxylic acids is 1. The van der Waals surface area contributed by atoms with Gasteiger partial charge in [-0.1, -0.05) is 6.92 Å². The zero-order chi connectivity index (χ0) is 17.0. The van der Waals surface area contributed by atoms with E-state index in [1.807, 2.05) is 33.8 Å². The molecule has 0 aliphatic carbocycles. The molecule has 0 spiro atoms. The summed E-state index contributed by atoms with van der Waals surface area (Å²) in [4.78, 5) is 16.9. The van der Waals surface area contributed by atoms with Crippen molar-refractivity contribution in [3.63, 3.8) is 0 Å². The summed E-state index contributed by atoms with van der Waals surface area (Å²) in [5.41, 5.74) is 1.50. The van der Waals surface area contributed by atoms with Gasteiger partial charge >= 0.3 is 0 Å². The summed E-state index contributed by atoms with van der Waals surface area (Å²) in [7, 11) is 0. The molecule has 2 atom stereocenters. The number of aryl methyl sites for hydroxylation is 2. The van der Waals surface area contributed by atoms with E-state index in [4.69, 9.17) is 4.74 Å². The maximum atomic E-state index is 12.6. The molecule has 1 fully saturated rings. The second kappa shape index (κ2) is 7.30. The lowest BCUT2D eigenvalue weighted by atomic mass is 9.90. The van der Waals surface area contributed by atoms with Gasteiger partial charge in [0, 0.05) is 17.8 Å². The van der Waals surface area contributed by atoms with Crippen LogP contribution in [0.3, 0.4) is 0 Å². The SMILES string of the molecule is Cc1cnc(OCC(C)(C)C(=O)N[C@@H]2CCNC[C@H]2C)c(C)c1. The van der Waals surface area contributed by atoms with E-state index >= 15 is 0 Å². The van der Waals surface area contributed by atoms with E-state index in [1.165, 1.54) is 0 Å². The van der Waals surface area contributed by atoms with Crippen molar-refractivity contribution in [1.29, 1.82) is 0 Å². The number of pyridine rings is 1. The summed E-state index contributed by atoms with van der Waals surface area (Å²) in [5, 5.41) is 6.54. The Balaban J connectivity index is 1.93. The lowest BCUT2D eigenvalue weighted by Gasteiger charge is -2.33. The van der Waals surface area contributed by atoms with Crippen molar-refractivity contribution in [2.75, 3.05) is 19.7 Å². The molecule has 2 rings (SSSR count). The van der Waals surface area contributed by atoms with Crippen molar-refractivity contribution in [1.82, 2.24) is 15.6 Å². The lowest BCUT2D eigenvalue weighted by Crippen LogP contribution is -2.52. The summed E-state index contributed by atoms with van der Waals surface area (Å²) in [6.45, 7) is 12.2. The first kappa shape index (κ1) is 17.7. The summed E-state index contributed by atoms with van der Waals surface area (Å²) >= 11 is 0. The predicted molar refractivity (Wildman–Crippen MR) is 91.6 cm³/mol. The van der Waals surface area contributed by atoms with Gasteiger partial charge in [-0.15, -0.1) is 0 Å². The molecule has 5 heteroatoms. The Kier molecular flexibility index (Phi) is 5.63. The van der Waals surface area contributed by atoms with Crippen LogP contribution in [0.1, 0.15) is 38.3 Å². The van der Waals surface area contributed by atoms with E-state index in [1.54, 1.807) is 6.20 Å². The molecule has 1 aromatic rings. The minimum Gasteiger partial charge on any atom is -0.476 e. The molecule has 0 bridgehead atoms. The Morgan fingerprint density at radius 2 is 2.22 bits per heavy atom. The van der Waals surface area contributed by atoms with Gasteiger partial charge in [0.15, 0.2) is 0 Å². The number of hydrogen-bond donors (Lipinski definition) is 2. The highest BCUT2D eigenvalue weighted by Crippen LogP contribution is 2.22. The monoisotopic (exact) mass is 319 g/mol. The van der Waals surface area contributed by atoms with Gasteiger partial charge < -0.3 is 15.4 Å². The topological polar surface area (TPSA) is 63.2 Å². The maximum absolute atomic E-state index is 12.6. The highest BCUT2D eigenvalue weighted by molar-refractivity contribution is 5.82. The van der Waals surface area contributed by atoms with Crippen molar-refractivity contribution in [3.8, 4) is 5.88 Å². The quantitative estimate of drug-likeness (QED) is 0.873. The normalized spacial score (nSPS) is 21.8. The zero-order valence-corrected chi connectivity index (χ0v) is 14.9. The van der Waals surface area contributed by atoms with Crippen LogP contribution in [-0.4, -0.2) is 36.6 Å². The highest BCUT2D eigenvalue weighted by Gasteiger charge is 2.32. The molecule has 128 valence electrons. The van der Waals surface area contributed by atoms with Crippen molar-refractivity contribution < 1.29 is 9.53 Å². The summed E-state index contributed by atoms with van der Waals surface area (Å²) < 4.78 is 5.81. The van der Waals surface area contributed by atoms with E-state index in [9.17, 15) is 4.79 Å². The van der Waals surface area contributed by atoms with Gasteiger partial charge in [-0.25, -0.2) is 4.98 Å². The Morgan fingerprint density at radius 3 is 2.87 bits per heavy atom. The van der Waals surface area contributed by atoms with Crippen LogP contribution in [0.25, 0.3) is 0 Å². The number of nitrogens with zero attached hydrogens (tertiary/aromatic N) is 1. The number of rotatable bonds is 5. The molecule has 0 aromatic carbocycles. The van der Waals surface area contributed by atoms with Gasteiger partial charge in [0.05, 0.1) is 5.41 Å². The van der Waals surface area contributed by atoms with Crippen LogP contribution in [-0.2, 0) is 4.79 Å². The fraction of sp³-hybridized carbons (Fsp3) is 0.667. The molecule has 0 unspecified atom stereocenters. The van der Waals surface area contributed by atoms with Gasteiger partial charge in [0.25, 0.3) is 0 Å². The molecule has 1 saturated heterocycles. The van der Waals surface area contributed by atoms with Crippen LogP contribution in [0, 0.1) is 25.2 Å². The maximum Gasteiger partial charge on any atom is 0.229 e. The third kappa shape index (κ3) is 4.67. The third-order valence-electron chi connectivity index (χ3n) is 4.45. The number of hydrogen-bond acceptors (Lipinski definition) is 4. The number of aromatic nitrogens is 1. The van der Waals surface area contributed by atoms with Crippen LogP contribution in [0.15, 0.2) is 12.3 Å². The van der Waals surface area contributed by atoms with Crippen LogP contribution in [0.4, 0.5) is 0 Å². The molecule has 1 amide bonds. The lowest BCUT2D eigenvalue weighted by molar-refractivity contribution is -0.132. The number of carbonyl (C=O) groups is 1. The fourth-order valence-electron chi connectivity index (χ4n) is 2.76. The van der Waals surface area contributed by atoms with E-state index in [0.29, 0.717) is 18.4 Å². The second-order valence-electron chi connectivity index (χ2n) is 7.36. The highest BCUT2D eigenvalue weighted by atomic mass is 16.5. The van der Waals surface area contributed by atoms with Crippen LogP contribution < -0.4 is 15.4 Å². The summed E-state index contributed by atoms with van der Waals surface area (Å²) in [6.07, 6.45) is 2.76. The van der Waals surface area contributed by atoms with Crippen molar-refractivity contribution in [2.45, 2.75) is 47.1 Å². The van der Waals surface area contributed by atoms with E-state index in [0.717, 1.165) is 30.6 Å². The van der Waals surface area contributed by atoms with Crippen molar-refractivity contribution >= 4 is 5.91 Å². The second-order valence-corrected chi connectivity index (χ2v) is 7.36. The average Bonchev–Trinajstić information content (AvgIpc) is 2.48. The van der Waals surface area contributed by atoms with Gasteiger partial charge in [0.1, 0.15) is 6.61 Å². The average molecular weight is 319 g/mol. The Labute approximate surface area is 139 Å². The number of nitrogens with one attached hydrogen (secondary N) is 2. The number of ether oxygens (including phenoxy) is 1. The minimum atomic E-state index is -0.594. The fourth-order valence-corrected chi connectivity index (χ4v) is 2.76. The first-order valence-electron chi connectivity index (χ1n) is 8.37. The summed E-state index contributed by atoms with van der Waals surface area (Å²) in [6, 6.07) is 2.27. The molecule has 2 heterocycles. The van der Waals surface area contributed by atoms with Crippen molar-refractivity contribution in [2.24, 2.45) is 11.3 Å². The molecule has 1 aliphatic rings. The van der Waals surface area contributed by atoms with Crippen molar-refractivity contribution in [3.05, 3.63) is 23.4 Å². The molecule has 1 aliphatic heterocycles. The van der Waals surface area contributed by atoms with Crippen LogP contribution in [0.2, 0.25) is 0 Å². The Bertz CT molecular complexity index is 557. The van der Waals surface area contributed by atoms with Gasteiger partial charge in [-0.05, 0) is 64.8 Å². The Hall–Kier alpha value is -1.62. The molecular weight excluding hydrogens is 290 g/mol. The molecule has 0 radical (unpaired) electrons. The predicted octanol–water partition coefficient (Wildman–Crippen LogP) is 2.22. The largest absolute Gasteiger partial charge is 0.476 e. The first-order valence-corrected chi connectivity index (χ1v) is 8.37. The Morgan fingerprint density at radius 1 is 1.48 bits per heavy atom. The third-order valence-corrected chi connectivity index (χ3v) is 4.45. The van der Waals surface area contributed by atoms with Gasteiger partial charge in [-0.2, -0.15) is 0 Å². The van der Waals surface area contributed by atoms with E-state index in [2.05, 4.69) is 22.5 Å². The molecule has 23 heavy (non-hydrogen) atoms. The molecule has 1 aromatic heterocycles. The number of amides is 1. The molecular formula is C18H29N3O2. The van der Waals surface area contributed by atoms with Crippen LogP contribution >= 0.6 is 0 Å². The van der Waals surface area contributed by atoms with Crippen LogP contribution in [0.5, 0.6) is 5.88 Å². The summed E-state index contributed by atoms with van der Waals surface area (Å²) in [5.74, 6) is 1.10. The van der Waals surface area contributed by atoms with Gasteiger partial charge in [-0.3, -0.25) is 4.79 Å². The van der Waals surface area contributed by atoms with Gasteiger partial charge in [0.2, 0.25) is 11.8 Å². The van der Waals surface area contributed by atoms with E-state index in [-0.39, 0.29) is 11.9 Å². The minimum absolute atomic E-state index is 0.0426. The number of piperidine rings is 1. The first-order chi connectivity index (χ1) is 10.8. The van der Waals surface area contributed by atoms with E-state index < -0.39 is 5.41 Å². The molecule has 5 nitrogen and oxygen atoms in total. The molecule has 2 N–H and O–H groups in total. The standard InChI is InChI=1S/C18H29N3O2/c1-12-8-13(2)16(20-9-12)23-11-18(4,5)17(22)21-15-6-7-19-10-14(15)3/h8-9,14-15,19H,6-7,10-11H2,1-5H3,(H,21,22)/t14-,15-/m1/s1. The molecule has 0 saturated carbocycles. The smallest absolute Gasteiger partial charge is 0.229 e.